The standard InChI is InChI=1S/C25H25Cl2FN6O3/c1-15(21-17(26)8-9-18(28)22(21)27)37-19-14-20(31-32-23(19)29)30-25(36)34(12-10-33(2)11-13-34)24(35)16-6-4-3-5-7-16/h3-9,14-15H,10-13H2,1-2H3,(H2-,29,30,31,32,36)/p+1/t15-/m1/s1. The van der Waals surface area contributed by atoms with E-state index in [2.05, 4.69) is 20.4 Å². The maximum absolute atomic E-state index is 14.0. The fraction of sp³-hybridized carbons (Fsp3) is 0.280. The van der Waals surface area contributed by atoms with Crippen molar-refractivity contribution in [2.45, 2.75) is 13.0 Å². The fourth-order valence-electron chi connectivity index (χ4n) is 4.15. The highest BCUT2D eigenvalue weighted by atomic mass is 35.5. The zero-order valence-electron chi connectivity index (χ0n) is 20.2. The Balaban J connectivity index is 1.59. The van der Waals surface area contributed by atoms with Gasteiger partial charge < -0.3 is 10.5 Å². The molecule has 0 aliphatic carbocycles. The molecule has 1 fully saturated rings. The predicted octanol–water partition coefficient (Wildman–Crippen LogP) is 4.78. The lowest BCUT2D eigenvalue weighted by Gasteiger charge is -2.38. The quantitative estimate of drug-likeness (QED) is 0.349. The number of nitrogens with one attached hydrogen (secondary N) is 1. The molecule has 1 atom stereocenters. The number of urea groups is 1. The smallest absolute Gasteiger partial charge is 0.430 e. The van der Waals surface area contributed by atoms with Crippen molar-refractivity contribution < 1.29 is 23.2 Å². The van der Waals surface area contributed by atoms with Crippen LogP contribution in [0.4, 0.5) is 20.8 Å². The van der Waals surface area contributed by atoms with Crippen molar-refractivity contribution in [1.29, 1.82) is 0 Å². The number of imide groups is 1. The lowest BCUT2D eigenvalue weighted by atomic mass is 10.1. The molecule has 2 aromatic carbocycles. The van der Waals surface area contributed by atoms with Crippen molar-refractivity contribution in [1.82, 2.24) is 15.1 Å². The zero-order chi connectivity index (χ0) is 26.7. The molecule has 9 nitrogen and oxygen atoms in total. The van der Waals surface area contributed by atoms with Gasteiger partial charge in [0.1, 0.15) is 25.0 Å². The highest BCUT2D eigenvalue weighted by molar-refractivity contribution is 6.36. The number of anilines is 2. The van der Waals surface area contributed by atoms with Crippen LogP contribution in [-0.2, 0) is 0 Å². The molecular formula is C25H26Cl2FN6O3+. The SMILES string of the molecule is C[C@@H](Oc1cc(NC(=O)[N+]2(C(=O)c3ccccc3)CCN(C)CC2)nnc1N)c1c(Cl)ccc(F)c1Cl. The Morgan fingerprint density at radius 3 is 2.49 bits per heavy atom. The minimum absolute atomic E-state index is 0.0372. The van der Waals surface area contributed by atoms with Crippen molar-refractivity contribution in [3.8, 4) is 5.75 Å². The van der Waals surface area contributed by atoms with Gasteiger partial charge in [0.25, 0.3) is 0 Å². The number of nitrogen functional groups attached to an aromatic ring is 1. The van der Waals surface area contributed by atoms with E-state index in [1.54, 1.807) is 31.2 Å². The number of benzene rings is 2. The first-order valence-electron chi connectivity index (χ1n) is 11.5. The molecule has 4 rings (SSSR count). The number of nitrogens with zero attached hydrogens (tertiary/aromatic N) is 4. The minimum Gasteiger partial charge on any atom is -0.482 e. The minimum atomic E-state index is -0.804. The molecule has 194 valence electrons. The summed E-state index contributed by atoms with van der Waals surface area (Å²) < 4.78 is 19.4. The number of rotatable bonds is 5. The van der Waals surface area contributed by atoms with Gasteiger partial charge in [0.05, 0.1) is 10.6 Å². The fourth-order valence-corrected chi connectivity index (χ4v) is 4.83. The van der Waals surface area contributed by atoms with E-state index >= 15 is 0 Å². The number of carbonyl (C=O) groups excluding carboxylic acids is 2. The number of hydrogen-bond donors (Lipinski definition) is 2. The third-order valence-electron chi connectivity index (χ3n) is 6.34. The van der Waals surface area contributed by atoms with Crippen LogP contribution in [0.15, 0.2) is 48.5 Å². The van der Waals surface area contributed by atoms with Crippen LogP contribution < -0.4 is 15.8 Å². The Hall–Kier alpha value is -3.31. The summed E-state index contributed by atoms with van der Waals surface area (Å²) in [5, 5.41) is 10.6. The normalized spacial score (nSPS) is 16.1. The highest BCUT2D eigenvalue weighted by Crippen LogP contribution is 2.36. The number of amides is 3. The van der Waals surface area contributed by atoms with Crippen LogP contribution in [0.25, 0.3) is 0 Å². The van der Waals surface area contributed by atoms with Crippen LogP contribution in [0.5, 0.6) is 5.75 Å². The summed E-state index contributed by atoms with van der Waals surface area (Å²) in [6.07, 6.45) is -0.804. The molecule has 2 heterocycles. The van der Waals surface area contributed by atoms with Crippen LogP contribution >= 0.6 is 23.2 Å². The number of nitrogens with two attached hydrogens (primary N) is 1. The Kier molecular flexibility index (Phi) is 7.93. The van der Waals surface area contributed by atoms with Crippen LogP contribution in [0.3, 0.4) is 0 Å². The second-order valence-corrected chi connectivity index (χ2v) is 9.60. The molecule has 3 N–H and O–H groups in total. The first kappa shape index (κ1) is 26.7. The van der Waals surface area contributed by atoms with Gasteiger partial charge in [0, 0.05) is 29.7 Å². The lowest BCUT2D eigenvalue weighted by Crippen LogP contribution is -2.66. The molecule has 3 aromatic rings. The van der Waals surface area contributed by atoms with Gasteiger partial charge in [-0.05, 0) is 38.2 Å². The summed E-state index contributed by atoms with van der Waals surface area (Å²) in [4.78, 5) is 29.2. The van der Waals surface area contributed by atoms with Gasteiger partial charge >= 0.3 is 11.9 Å². The van der Waals surface area contributed by atoms with Crippen molar-refractivity contribution in [2.75, 3.05) is 44.3 Å². The molecule has 0 unspecified atom stereocenters. The Morgan fingerprint density at radius 2 is 1.81 bits per heavy atom. The number of likely N-dealkylation sites (N-methyl/N-ethyl adjacent to an activating group) is 1. The lowest BCUT2D eigenvalue weighted by molar-refractivity contribution is -0.770. The van der Waals surface area contributed by atoms with Crippen molar-refractivity contribution >= 4 is 46.8 Å². The van der Waals surface area contributed by atoms with Crippen molar-refractivity contribution in [3.63, 3.8) is 0 Å². The molecule has 1 aliphatic heterocycles. The number of aromatic nitrogens is 2. The van der Waals surface area contributed by atoms with E-state index < -0.39 is 22.4 Å². The molecular weight excluding hydrogens is 522 g/mol. The molecule has 1 aliphatic rings. The number of quaternary nitrogens is 1. The average Bonchev–Trinajstić information content (AvgIpc) is 2.89. The first-order chi connectivity index (χ1) is 17.6. The van der Waals surface area contributed by atoms with Crippen LogP contribution in [0.1, 0.15) is 28.9 Å². The van der Waals surface area contributed by atoms with Gasteiger partial charge in [-0.15, -0.1) is 10.2 Å². The number of carbonyl (C=O) groups is 2. The maximum atomic E-state index is 14.0. The Labute approximate surface area is 223 Å². The molecule has 1 saturated heterocycles. The van der Waals surface area contributed by atoms with E-state index in [4.69, 9.17) is 33.7 Å². The van der Waals surface area contributed by atoms with Crippen LogP contribution in [0, 0.1) is 5.82 Å². The number of hydrogen-bond acceptors (Lipinski definition) is 7. The topological polar surface area (TPSA) is 110 Å². The van der Waals surface area contributed by atoms with Gasteiger partial charge in [-0.1, -0.05) is 41.4 Å². The second kappa shape index (κ2) is 11.0. The molecule has 1 aromatic heterocycles. The van der Waals surface area contributed by atoms with E-state index in [1.807, 2.05) is 13.1 Å². The van der Waals surface area contributed by atoms with E-state index in [0.717, 1.165) is 6.07 Å². The van der Waals surface area contributed by atoms with Gasteiger partial charge in [-0.25, -0.2) is 14.0 Å². The average molecular weight is 548 g/mol. The third kappa shape index (κ3) is 5.52. The third-order valence-corrected chi connectivity index (χ3v) is 7.05. The highest BCUT2D eigenvalue weighted by Gasteiger charge is 2.47. The summed E-state index contributed by atoms with van der Waals surface area (Å²) in [6.45, 7) is 3.30. The largest absolute Gasteiger partial charge is 0.482 e. The van der Waals surface area contributed by atoms with Crippen LogP contribution in [0.2, 0.25) is 10.0 Å². The molecule has 37 heavy (non-hydrogen) atoms. The summed E-state index contributed by atoms with van der Waals surface area (Å²) in [5.41, 5.74) is 6.62. The van der Waals surface area contributed by atoms with Crippen molar-refractivity contribution in [2.24, 2.45) is 0 Å². The Morgan fingerprint density at radius 1 is 1.14 bits per heavy atom. The molecule has 12 heteroatoms. The van der Waals surface area contributed by atoms with E-state index in [-0.39, 0.29) is 52.0 Å². The van der Waals surface area contributed by atoms with Gasteiger partial charge in [0.2, 0.25) is 0 Å². The summed E-state index contributed by atoms with van der Waals surface area (Å²) in [5.74, 6) is -0.898. The summed E-state index contributed by atoms with van der Waals surface area (Å²) in [7, 11) is 1.94. The second-order valence-electron chi connectivity index (χ2n) is 8.82. The number of ether oxygens (including phenoxy) is 1. The first-order valence-corrected chi connectivity index (χ1v) is 12.3. The summed E-state index contributed by atoms with van der Waals surface area (Å²) >= 11 is 12.3. The molecule has 0 spiro atoms. The monoisotopic (exact) mass is 547 g/mol. The molecule has 0 saturated carbocycles. The Bertz CT molecular complexity index is 1320. The number of piperazine rings is 1. The van der Waals surface area contributed by atoms with E-state index in [9.17, 15) is 14.0 Å². The number of halogens is 3. The molecule has 0 bridgehead atoms. The van der Waals surface area contributed by atoms with E-state index in [1.165, 1.54) is 12.1 Å². The van der Waals surface area contributed by atoms with Gasteiger partial charge in [-0.2, -0.15) is 4.48 Å². The molecule has 3 amide bonds. The van der Waals surface area contributed by atoms with Gasteiger partial charge in [-0.3, -0.25) is 10.2 Å². The van der Waals surface area contributed by atoms with Gasteiger partial charge in [0.15, 0.2) is 17.4 Å². The zero-order valence-corrected chi connectivity index (χ0v) is 21.8. The summed E-state index contributed by atoms with van der Waals surface area (Å²) in [6, 6.07) is 12.1. The van der Waals surface area contributed by atoms with Crippen molar-refractivity contribution in [3.05, 3.63) is 75.5 Å². The van der Waals surface area contributed by atoms with E-state index in [0.29, 0.717) is 18.7 Å². The maximum Gasteiger partial charge on any atom is 0.430 e. The predicted molar refractivity (Wildman–Crippen MR) is 139 cm³/mol. The van der Waals surface area contributed by atoms with Crippen LogP contribution in [-0.4, -0.2) is 64.7 Å². The molecule has 0 radical (unpaired) electrons.